The molecule has 2 aromatic rings. The number of aliphatic imine (C=N–C) groups is 1. The molecule has 0 amide bonds. The number of nitrogens with one attached hydrogen (secondary N) is 2. The van der Waals surface area contributed by atoms with Crippen LogP contribution in [-0.2, 0) is 11.3 Å². The van der Waals surface area contributed by atoms with Gasteiger partial charge in [-0.2, -0.15) is 0 Å². The molecule has 7 heteroatoms. The van der Waals surface area contributed by atoms with Crippen LogP contribution in [0.2, 0.25) is 0 Å². The first-order valence-corrected chi connectivity index (χ1v) is 7.85. The maximum Gasteiger partial charge on any atom is 0.191 e. The van der Waals surface area contributed by atoms with E-state index in [0.717, 1.165) is 43.3 Å². The highest BCUT2D eigenvalue weighted by Crippen LogP contribution is 2.11. The average molecular weight is 314 g/mol. The lowest BCUT2D eigenvalue weighted by Gasteiger charge is -2.16. The third-order valence-corrected chi connectivity index (χ3v) is 3.81. The molecular weight excluding hydrogens is 292 g/mol. The Morgan fingerprint density at radius 3 is 3.13 bits per heavy atom. The highest BCUT2D eigenvalue weighted by atomic mass is 16.5. The summed E-state index contributed by atoms with van der Waals surface area (Å²) in [7, 11) is 1.77. The Bertz CT molecular complexity index is 634. The molecule has 0 saturated carbocycles. The van der Waals surface area contributed by atoms with E-state index in [0.29, 0.717) is 6.54 Å². The van der Waals surface area contributed by atoms with Gasteiger partial charge in [0.15, 0.2) is 5.96 Å². The quantitative estimate of drug-likeness (QED) is 0.639. The molecule has 0 aliphatic carbocycles. The third-order valence-electron chi connectivity index (χ3n) is 3.81. The fraction of sp³-hybridized carbons (Fsp3) is 0.438. The van der Waals surface area contributed by atoms with Gasteiger partial charge in [-0.3, -0.25) is 9.56 Å². The van der Waals surface area contributed by atoms with Crippen LogP contribution in [0.4, 0.5) is 0 Å². The Morgan fingerprint density at radius 1 is 1.43 bits per heavy atom. The second kappa shape index (κ2) is 7.73. The molecule has 1 aliphatic rings. The van der Waals surface area contributed by atoms with Crippen molar-refractivity contribution in [2.45, 2.75) is 25.5 Å². The normalized spacial score (nSPS) is 18.1. The van der Waals surface area contributed by atoms with Crippen molar-refractivity contribution in [1.29, 1.82) is 0 Å². The molecule has 0 spiro atoms. The molecule has 1 unspecified atom stereocenters. The van der Waals surface area contributed by atoms with Gasteiger partial charge >= 0.3 is 0 Å². The van der Waals surface area contributed by atoms with E-state index in [1.165, 1.54) is 0 Å². The Kier molecular flexibility index (Phi) is 5.21. The maximum absolute atomic E-state index is 5.61. The number of aromatic nitrogens is 3. The molecule has 0 bridgehead atoms. The Balaban J connectivity index is 1.58. The molecule has 2 N–H and O–H groups in total. The van der Waals surface area contributed by atoms with Gasteiger partial charge in [-0.05, 0) is 18.9 Å². The van der Waals surface area contributed by atoms with Gasteiger partial charge in [-0.1, -0.05) is 6.07 Å². The van der Waals surface area contributed by atoms with Crippen molar-refractivity contribution in [3.8, 4) is 5.82 Å². The summed E-state index contributed by atoms with van der Waals surface area (Å²) in [6.45, 7) is 2.27. The number of hydrogen-bond acceptors (Lipinski definition) is 4. The zero-order valence-electron chi connectivity index (χ0n) is 13.3. The van der Waals surface area contributed by atoms with Crippen LogP contribution in [-0.4, -0.2) is 46.8 Å². The zero-order chi connectivity index (χ0) is 15.9. The van der Waals surface area contributed by atoms with Crippen LogP contribution in [0.3, 0.4) is 0 Å². The maximum atomic E-state index is 5.61. The van der Waals surface area contributed by atoms with Crippen molar-refractivity contribution in [1.82, 2.24) is 25.2 Å². The van der Waals surface area contributed by atoms with Gasteiger partial charge in [0, 0.05) is 50.9 Å². The number of ether oxygens (including phenoxy) is 1. The smallest absolute Gasteiger partial charge is 0.191 e. The minimum Gasteiger partial charge on any atom is -0.376 e. The second-order valence-electron chi connectivity index (χ2n) is 5.40. The lowest BCUT2D eigenvalue weighted by molar-refractivity contribution is 0.114. The molecule has 1 aliphatic heterocycles. The first kappa shape index (κ1) is 15.5. The van der Waals surface area contributed by atoms with Gasteiger partial charge < -0.3 is 15.4 Å². The number of pyridine rings is 1. The molecule has 1 saturated heterocycles. The van der Waals surface area contributed by atoms with Crippen LogP contribution < -0.4 is 10.6 Å². The molecule has 3 heterocycles. The topological polar surface area (TPSA) is 76.4 Å². The number of guanidine groups is 1. The van der Waals surface area contributed by atoms with Gasteiger partial charge in [0.25, 0.3) is 0 Å². The Hall–Kier alpha value is -2.41. The molecule has 2 aromatic heterocycles. The molecule has 122 valence electrons. The predicted octanol–water partition coefficient (Wildman–Crippen LogP) is 1.11. The highest BCUT2D eigenvalue weighted by molar-refractivity contribution is 5.79. The summed E-state index contributed by atoms with van der Waals surface area (Å²) in [6, 6.07) is 3.97. The van der Waals surface area contributed by atoms with E-state index in [1.807, 2.05) is 22.9 Å². The predicted molar refractivity (Wildman–Crippen MR) is 88.5 cm³/mol. The zero-order valence-corrected chi connectivity index (χ0v) is 13.3. The van der Waals surface area contributed by atoms with Crippen molar-refractivity contribution >= 4 is 5.96 Å². The molecular formula is C16H22N6O. The molecule has 0 aromatic carbocycles. The summed E-state index contributed by atoms with van der Waals surface area (Å²) in [5.74, 6) is 1.63. The van der Waals surface area contributed by atoms with E-state index >= 15 is 0 Å². The van der Waals surface area contributed by atoms with Crippen molar-refractivity contribution in [3.05, 3.63) is 42.6 Å². The summed E-state index contributed by atoms with van der Waals surface area (Å²) < 4.78 is 7.52. The SMILES string of the molecule is CN=C(NCc1cccnc1-n1ccnc1)NCC1CCCO1. The van der Waals surface area contributed by atoms with Crippen molar-refractivity contribution in [3.63, 3.8) is 0 Å². The van der Waals surface area contributed by atoms with E-state index in [9.17, 15) is 0 Å². The average Bonchev–Trinajstić information content (AvgIpc) is 3.29. The minimum atomic E-state index is 0.286. The summed E-state index contributed by atoms with van der Waals surface area (Å²) >= 11 is 0. The third kappa shape index (κ3) is 4.07. The molecule has 3 rings (SSSR count). The lowest BCUT2D eigenvalue weighted by Crippen LogP contribution is -2.40. The first-order chi connectivity index (χ1) is 11.4. The monoisotopic (exact) mass is 314 g/mol. The minimum absolute atomic E-state index is 0.286. The van der Waals surface area contributed by atoms with Crippen LogP contribution >= 0.6 is 0 Å². The van der Waals surface area contributed by atoms with Gasteiger partial charge in [-0.15, -0.1) is 0 Å². The van der Waals surface area contributed by atoms with Crippen LogP contribution in [0, 0.1) is 0 Å². The van der Waals surface area contributed by atoms with E-state index in [-0.39, 0.29) is 6.10 Å². The lowest BCUT2D eigenvalue weighted by atomic mass is 10.2. The van der Waals surface area contributed by atoms with Crippen LogP contribution in [0.1, 0.15) is 18.4 Å². The molecule has 1 fully saturated rings. The fourth-order valence-corrected chi connectivity index (χ4v) is 2.60. The summed E-state index contributed by atoms with van der Waals surface area (Å²) in [4.78, 5) is 12.8. The summed E-state index contributed by atoms with van der Waals surface area (Å²) in [5, 5.41) is 6.63. The van der Waals surface area contributed by atoms with Gasteiger partial charge in [0.05, 0.1) is 6.10 Å². The molecule has 1 atom stereocenters. The van der Waals surface area contributed by atoms with E-state index in [2.05, 4.69) is 25.6 Å². The van der Waals surface area contributed by atoms with Crippen LogP contribution in [0.5, 0.6) is 0 Å². The van der Waals surface area contributed by atoms with Crippen molar-refractivity contribution in [2.24, 2.45) is 4.99 Å². The van der Waals surface area contributed by atoms with Crippen LogP contribution in [0.25, 0.3) is 5.82 Å². The van der Waals surface area contributed by atoms with Crippen molar-refractivity contribution < 1.29 is 4.74 Å². The summed E-state index contributed by atoms with van der Waals surface area (Å²) in [5.41, 5.74) is 1.07. The fourth-order valence-electron chi connectivity index (χ4n) is 2.60. The van der Waals surface area contributed by atoms with Crippen molar-refractivity contribution in [2.75, 3.05) is 20.2 Å². The molecule has 23 heavy (non-hydrogen) atoms. The number of nitrogens with zero attached hydrogens (tertiary/aromatic N) is 4. The largest absolute Gasteiger partial charge is 0.376 e. The van der Waals surface area contributed by atoms with E-state index in [1.54, 1.807) is 25.8 Å². The second-order valence-corrected chi connectivity index (χ2v) is 5.40. The standard InChI is InChI=1S/C16H22N6O/c1-17-16(21-11-14-5-3-9-23-14)20-10-13-4-2-6-19-15(13)22-8-7-18-12-22/h2,4,6-8,12,14H,3,5,9-11H2,1H3,(H2,17,20,21). The number of hydrogen-bond donors (Lipinski definition) is 2. The van der Waals surface area contributed by atoms with Gasteiger partial charge in [0.1, 0.15) is 12.1 Å². The van der Waals surface area contributed by atoms with E-state index < -0.39 is 0 Å². The summed E-state index contributed by atoms with van der Waals surface area (Å²) in [6.07, 6.45) is 9.69. The Morgan fingerprint density at radius 2 is 2.39 bits per heavy atom. The van der Waals surface area contributed by atoms with E-state index in [4.69, 9.17) is 4.74 Å². The molecule has 7 nitrogen and oxygen atoms in total. The van der Waals surface area contributed by atoms with Crippen LogP contribution in [0.15, 0.2) is 42.0 Å². The number of imidazole rings is 1. The van der Waals surface area contributed by atoms with Gasteiger partial charge in [-0.25, -0.2) is 9.97 Å². The highest BCUT2D eigenvalue weighted by Gasteiger charge is 2.15. The molecule has 0 radical (unpaired) electrons. The number of rotatable bonds is 5. The Labute approximate surface area is 135 Å². The first-order valence-electron chi connectivity index (χ1n) is 7.85. The van der Waals surface area contributed by atoms with Gasteiger partial charge in [0.2, 0.25) is 0 Å².